The summed E-state index contributed by atoms with van der Waals surface area (Å²) in [6, 6.07) is 4.00. The van der Waals surface area contributed by atoms with Crippen molar-refractivity contribution in [3.05, 3.63) is 28.2 Å². The van der Waals surface area contributed by atoms with Crippen LogP contribution in [0.3, 0.4) is 0 Å². The molecule has 7 heteroatoms. The van der Waals surface area contributed by atoms with Crippen LogP contribution < -0.4 is 4.18 Å². The molecule has 0 spiro atoms. The highest BCUT2D eigenvalue weighted by Gasteiger charge is 2.08. The summed E-state index contributed by atoms with van der Waals surface area (Å²) in [5.74, 6) is 0.0180. The molecule has 0 unspecified atom stereocenters. The molecule has 1 rings (SSSR count). The van der Waals surface area contributed by atoms with E-state index in [1.54, 1.807) is 0 Å². The average molecular weight is 262 g/mol. The monoisotopic (exact) mass is 260 g/mol. The van der Waals surface area contributed by atoms with E-state index in [4.69, 9.17) is 33.9 Å². The van der Waals surface area contributed by atoms with Crippen LogP contribution >= 0.6 is 33.9 Å². The highest BCUT2D eigenvalue weighted by atomic mass is 35.7. The van der Waals surface area contributed by atoms with Crippen LogP contribution in [0.15, 0.2) is 18.2 Å². The van der Waals surface area contributed by atoms with E-state index in [1.165, 1.54) is 18.2 Å². The van der Waals surface area contributed by atoms with Gasteiger partial charge < -0.3 is 4.18 Å². The number of hydrogen-bond donors (Lipinski definition) is 0. The van der Waals surface area contributed by atoms with Crippen LogP contribution in [-0.2, 0) is 9.33 Å². The van der Waals surface area contributed by atoms with Crippen LogP contribution in [-0.4, -0.2) is 8.42 Å². The Kier molecular flexibility index (Phi) is 3.29. The van der Waals surface area contributed by atoms with Gasteiger partial charge in [-0.3, -0.25) is 0 Å². The van der Waals surface area contributed by atoms with Crippen LogP contribution in [0.5, 0.6) is 5.75 Å². The predicted octanol–water partition coefficient (Wildman–Crippen LogP) is 2.86. The first-order valence-corrected chi connectivity index (χ1v) is 5.96. The zero-order chi connectivity index (χ0) is 10.1. The van der Waals surface area contributed by atoms with Gasteiger partial charge in [-0.25, -0.2) is 0 Å². The molecule has 1 aromatic carbocycles. The maximum atomic E-state index is 10.5. The third-order valence-corrected chi connectivity index (χ3v) is 2.41. The lowest BCUT2D eigenvalue weighted by molar-refractivity contribution is 0.503. The normalized spacial score (nSPS) is 11.3. The second-order valence-corrected chi connectivity index (χ2v) is 4.95. The Bertz CT molecular complexity index is 415. The van der Waals surface area contributed by atoms with Crippen LogP contribution in [0, 0.1) is 0 Å². The highest BCUT2D eigenvalue weighted by Crippen LogP contribution is 2.27. The SMILES string of the molecule is O=S(=O)(Cl)Oc1ccc(Cl)c(Cl)c1. The summed E-state index contributed by atoms with van der Waals surface area (Å²) in [7, 11) is 0.797. The lowest BCUT2D eigenvalue weighted by atomic mass is 10.3. The maximum Gasteiger partial charge on any atom is 0.401 e. The van der Waals surface area contributed by atoms with Gasteiger partial charge in [-0.15, -0.1) is 0 Å². The Morgan fingerprint density at radius 1 is 1.15 bits per heavy atom. The third kappa shape index (κ3) is 3.60. The Balaban J connectivity index is 2.99. The van der Waals surface area contributed by atoms with Crippen LogP contribution in [0.25, 0.3) is 0 Å². The molecule has 0 amide bonds. The Labute approximate surface area is 89.8 Å². The van der Waals surface area contributed by atoms with Crippen molar-refractivity contribution in [1.29, 1.82) is 0 Å². The van der Waals surface area contributed by atoms with Crippen molar-refractivity contribution in [3.8, 4) is 5.75 Å². The van der Waals surface area contributed by atoms with Crippen LogP contribution in [0.4, 0.5) is 0 Å². The second kappa shape index (κ2) is 3.92. The Hall–Kier alpha value is -0.160. The van der Waals surface area contributed by atoms with E-state index in [0.717, 1.165) is 0 Å². The smallest absolute Gasteiger partial charge is 0.371 e. The van der Waals surface area contributed by atoms with Gasteiger partial charge in [0.2, 0.25) is 0 Å². The molecule has 0 saturated heterocycles. The van der Waals surface area contributed by atoms with E-state index in [2.05, 4.69) is 4.18 Å². The highest BCUT2D eigenvalue weighted by molar-refractivity contribution is 8.10. The molecule has 0 bridgehead atoms. The molecule has 0 saturated carbocycles. The number of rotatable bonds is 2. The minimum atomic E-state index is -4.04. The molecule has 0 fully saturated rings. The lowest BCUT2D eigenvalue weighted by Gasteiger charge is -2.01. The fraction of sp³-hybridized carbons (Fsp3) is 0. The predicted molar refractivity (Wildman–Crippen MR) is 51.9 cm³/mol. The van der Waals surface area contributed by atoms with Gasteiger partial charge in [-0.05, 0) is 12.1 Å². The van der Waals surface area contributed by atoms with E-state index in [0.29, 0.717) is 5.02 Å². The molecule has 0 aliphatic heterocycles. The van der Waals surface area contributed by atoms with E-state index in [-0.39, 0.29) is 10.8 Å². The zero-order valence-electron chi connectivity index (χ0n) is 6.00. The molecular formula is C6H3Cl3O3S. The number of halogens is 3. The van der Waals surface area contributed by atoms with Crippen LogP contribution in [0.2, 0.25) is 10.0 Å². The van der Waals surface area contributed by atoms with E-state index >= 15 is 0 Å². The molecule has 0 atom stereocenters. The summed E-state index contributed by atoms with van der Waals surface area (Å²) in [5, 5.41) is 0.500. The molecule has 3 nitrogen and oxygen atoms in total. The standard InChI is InChI=1S/C6H3Cl3O3S/c7-5-2-1-4(3-6(5)8)12-13(9,10)11/h1-3H. The van der Waals surface area contributed by atoms with Gasteiger partial charge in [0.15, 0.2) is 0 Å². The number of benzene rings is 1. The molecule has 0 radical (unpaired) electrons. The largest absolute Gasteiger partial charge is 0.401 e. The number of hydrogen-bond acceptors (Lipinski definition) is 3. The first-order chi connectivity index (χ1) is 5.88. The van der Waals surface area contributed by atoms with Gasteiger partial charge >= 0.3 is 9.33 Å². The van der Waals surface area contributed by atoms with Gasteiger partial charge in [0.1, 0.15) is 5.75 Å². The van der Waals surface area contributed by atoms with Crippen molar-refractivity contribution in [2.75, 3.05) is 0 Å². The third-order valence-electron chi connectivity index (χ3n) is 1.09. The van der Waals surface area contributed by atoms with E-state index < -0.39 is 9.33 Å². The Morgan fingerprint density at radius 3 is 2.23 bits per heavy atom. The van der Waals surface area contributed by atoms with Gasteiger partial charge in [0.05, 0.1) is 20.7 Å². The van der Waals surface area contributed by atoms with Gasteiger partial charge in [-0.2, -0.15) is 8.42 Å². The van der Waals surface area contributed by atoms with Gasteiger partial charge in [0.25, 0.3) is 0 Å². The topological polar surface area (TPSA) is 43.4 Å². The summed E-state index contributed by atoms with van der Waals surface area (Å²) in [4.78, 5) is 0. The minimum absolute atomic E-state index is 0.0180. The quantitative estimate of drug-likeness (QED) is 0.769. The summed E-state index contributed by atoms with van der Waals surface area (Å²) >= 11 is 11.2. The molecule has 1 aromatic rings. The average Bonchev–Trinajstić information content (AvgIpc) is 1.94. The molecule has 0 aromatic heterocycles. The fourth-order valence-corrected chi connectivity index (χ4v) is 1.48. The maximum absolute atomic E-state index is 10.5. The van der Waals surface area contributed by atoms with E-state index in [1.807, 2.05) is 0 Å². The minimum Gasteiger partial charge on any atom is -0.371 e. The summed E-state index contributed by atoms with van der Waals surface area (Å²) in [5.41, 5.74) is 0. The zero-order valence-corrected chi connectivity index (χ0v) is 9.08. The fourth-order valence-electron chi connectivity index (χ4n) is 0.644. The van der Waals surface area contributed by atoms with Crippen molar-refractivity contribution >= 4 is 43.2 Å². The Morgan fingerprint density at radius 2 is 1.77 bits per heavy atom. The summed E-state index contributed by atoms with van der Waals surface area (Å²) in [6.45, 7) is 0. The van der Waals surface area contributed by atoms with Gasteiger partial charge in [0, 0.05) is 6.07 Å². The van der Waals surface area contributed by atoms with Crippen molar-refractivity contribution in [3.63, 3.8) is 0 Å². The lowest BCUT2D eigenvalue weighted by Crippen LogP contribution is -1.99. The molecule has 13 heavy (non-hydrogen) atoms. The first-order valence-electron chi connectivity index (χ1n) is 2.97. The molecule has 0 heterocycles. The van der Waals surface area contributed by atoms with Crippen LogP contribution in [0.1, 0.15) is 0 Å². The van der Waals surface area contributed by atoms with Crippen molar-refractivity contribution < 1.29 is 12.6 Å². The molecule has 0 aliphatic rings. The van der Waals surface area contributed by atoms with Gasteiger partial charge in [-0.1, -0.05) is 23.2 Å². The van der Waals surface area contributed by atoms with Crippen molar-refractivity contribution in [1.82, 2.24) is 0 Å². The molecule has 0 aliphatic carbocycles. The first kappa shape index (κ1) is 10.9. The van der Waals surface area contributed by atoms with Crippen molar-refractivity contribution in [2.45, 2.75) is 0 Å². The van der Waals surface area contributed by atoms with E-state index in [9.17, 15) is 8.42 Å². The molecular weight excluding hydrogens is 258 g/mol. The second-order valence-electron chi connectivity index (χ2n) is 2.05. The molecule has 72 valence electrons. The molecule has 0 N–H and O–H groups in total. The van der Waals surface area contributed by atoms with Crippen molar-refractivity contribution in [2.24, 2.45) is 0 Å². The summed E-state index contributed by atoms with van der Waals surface area (Å²) < 4.78 is 25.3. The summed E-state index contributed by atoms with van der Waals surface area (Å²) in [6.07, 6.45) is 0.